The molecule has 0 unspecified atom stereocenters. The number of hydrogen-bond acceptors (Lipinski definition) is 3. The molecule has 0 aliphatic carbocycles. The first-order valence-corrected chi connectivity index (χ1v) is 7.93. The molecule has 0 fully saturated rings. The van der Waals surface area contributed by atoms with Gasteiger partial charge in [-0.15, -0.1) is 0 Å². The first-order valence-electron chi connectivity index (χ1n) is 7.17. The van der Waals surface area contributed by atoms with Gasteiger partial charge in [-0.2, -0.15) is 0 Å². The van der Waals surface area contributed by atoms with Crippen molar-refractivity contribution in [3.8, 4) is 5.75 Å². The average molecular weight is 340 g/mol. The van der Waals surface area contributed by atoms with Crippen LogP contribution < -0.4 is 10.1 Å². The van der Waals surface area contributed by atoms with Crippen LogP contribution in [0.4, 0.5) is 5.69 Å². The van der Waals surface area contributed by atoms with Gasteiger partial charge in [0.05, 0.1) is 17.3 Å². The van der Waals surface area contributed by atoms with Crippen molar-refractivity contribution >= 4 is 28.9 Å². The fourth-order valence-corrected chi connectivity index (χ4v) is 2.41. The van der Waals surface area contributed by atoms with E-state index in [4.69, 9.17) is 32.7 Å². The third-order valence-corrected chi connectivity index (χ3v) is 3.56. The lowest BCUT2D eigenvalue weighted by Gasteiger charge is -2.11. The minimum Gasteiger partial charge on any atom is -0.491 e. The molecule has 22 heavy (non-hydrogen) atoms. The molecule has 0 aliphatic rings. The molecule has 0 spiro atoms. The summed E-state index contributed by atoms with van der Waals surface area (Å²) in [7, 11) is 0. The monoisotopic (exact) mass is 339 g/mol. The highest BCUT2D eigenvalue weighted by Gasteiger charge is 2.02. The van der Waals surface area contributed by atoms with E-state index in [0.717, 1.165) is 17.0 Å². The number of nitrogens with one attached hydrogen (secondary N) is 1. The van der Waals surface area contributed by atoms with Crippen molar-refractivity contribution in [3.63, 3.8) is 0 Å². The van der Waals surface area contributed by atoms with E-state index in [1.807, 2.05) is 43.3 Å². The zero-order chi connectivity index (χ0) is 15.8. The van der Waals surface area contributed by atoms with Crippen molar-refractivity contribution < 1.29 is 9.47 Å². The molecule has 3 nitrogen and oxygen atoms in total. The normalized spacial score (nSPS) is 10.5. The first-order chi connectivity index (χ1) is 10.7. The zero-order valence-corrected chi connectivity index (χ0v) is 14.0. The lowest BCUT2D eigenvalue weighted by molar-refractivity contribution is 0.110. The second-order valence-electron chi connectivity index (χ2n) is 4.67. The van der Waals surface area contributed by atoms with Gasteiger partial charge in [0.2, 0.25) is 0 Å². The summed E-state index contributed by atoms with van der Waals surface area (Å²) in [6.45, 7) is 4.47. The summed E-state index contributed by atoms with van der Waals surface area (Å²) in [5.74, 6) is 0.834. The van der Waals surface area contributed by atoms with E-state index in [1.54, 1.807) is 6.07 Å². The smallest absolute Gasteiger partial charge is 0.119 e. The zero-order valence-electron chi connectivity index (χ0n) is 12.4. The summed E-state index contributed by atoms with van der Waals surface area (Å²) in [4.78, 5) is 0. The highest BCUT2D eigenvalue weighted by Crippen LogP contribution is 2.26. The van der Waals surface area contributed by atoms with E-state index >= 15 is 0 Å². The van der Waals surface area contributed by atoms with Crippen LogP contribution in [0.3, 0.4) is 0 Å². The maximum Gasteiger partial charge on any atom is 0.119 e. The van der Waals surface area contributed by atoms with Crippen LogP contribution in [0.2, 0.25) is 10.0 Å². The van der Waals surface area contributed by atoms with Crippen molar-refractivity contribution in [1.29, 1.82) is 0 Å². The number of halogens is 2. The molecule has 0 saturated heterocycles. The average Bonchev–Trinajstić information content (AvgIpc) is 2.51. The van der Waals surface area contributed by atoms with Gasteiger partial charge in [0.1, 0.15) is 12.4 Å². The SMILES string of the molecule is CCOCCOc1cccc(CNc2ccc(Cl)cc2Cl)c1. The van der Waals surface area contributed by atoms with Gasteiger partial charge in [-0.25, -0.2) is 0 Å². The van der Waals surface area contributed by atoms with Crippen LogP contribution in [0, 0.1) is 0 Å². The molecule has 0 radical (unpaired) electrons. The van der Waals surface area contributed by atoms with Gasteiger partial charge < -0.3 is 14.8 Å². The second-order valence-corrected chi connectivity index (χ2v) is 5.51. The van der Waals surface area contributed by atoms with Crippen molar-refractivity contribution in [2.45, 2.75) is 13.5 Å². The molecule has 118 valence electrons. The fourth-order valence-electron chi connectivity index (χ4n) is 1.94. The standard InChI is InChI=1S/C17H19Cl2NO2/c1-2-21-8-9-22-15-5-3-4-13(10-15)12-20-17-7-6-14(18)11-16(17)19/h3-7,10-11,20H,2,8-9,12H2,1H3. The minimum absolute atomic E-state index is 0.549. The molecule has 0 amide bonds. The summed E-state index contributed by atoms with van der Waals surface area (Å²) in [5, 5.41) is 4.52. The quantitative estimate of drug-likeness (QED) is 0.685. The lowest BCUT2D eigenvalue weighted by atomic mass is 10.2. The van der Waals surface area contributed by atoms with Crippen LogP contribution in [0.15, 0.2) is 42.5 Å². The molecule has 1 N–H and O–H groups in total. The first kappa shape index (κ1) is 16.9. The van der Waals surface area contributed by atoms with E-state index in [-0.39, 0.29) is 0 Å². The molecule has 2 aromatic rings. The van der Waals surface area contributed by atoms with E-state index in [1.165, 1.54) is 0 Å². The fraction of sp³-hybridized carbons (Fsp3) is 0.294. The van der Waals surface area contributed by atoms with Crippen LogP contribution >= 0.6 is 23.2 Å². The van der Waals surface area contributed by atoms with Gasteiger partial charge in [0, 0.05) is 18.2 Å². The summed E-state index contributed by atoms with van der Waals surface area (Å²) in [5.41, 5.74) is 1.97. The van der Waals surface area contributed by atoms with E-state index < -0.39 is 0 Å². The Labute approximate surface area is 141 Å². The van der Waals surface area contributed by atoms with Crippen molar-refractivity contribution in [2.24, 2.45) is 0 Å². The predicted octanol–water partition coefficient (Wildman–Crippen LogP) is 5.02. The van der Waals surface area contributed by atoms with Gasteiger partial charge in [-0.1, -0.05) is 35.3 Å². The molecule has 0 atom stereocenters. The molecule has 0 aliphatic heterocycles. The topological polar surface area (TPSA) is 30.5 Å². The predicted molar refractivity (Wildman–Crippen MR) is 92.2 cm³/mol. The van der Waals surface area contributed by atoms with Crippen LogP contribution in [0.5, 0.6) is 5.75 Å². The summed E-state index contributed by atoms with van der Waals surface area (Å²) >= 11 is 12.0. The second kappa shape index (κ2) is 8.89. The van der Waals surface area contributed by atoms with Crippen molar-refractivity contribution in [1.82, 2.24) is 0 Å². The minimum atomic E-state index is 0.549. The molecule has 5 heteroatoms. The molecular weight excluding hydrogens is 321 g/mol. The molecule has 0 saturated carbocycles. The van der Waals surface area contributed by atoms with Gasteiger partial charge >= 0.3 is 0 Å². The van der Waals surface area contributed by atoms with Crippen LogP contribution in [-0.4, -0.2) is 19.8 Å². The largest absolute Gasteiger partial charge is 0.491 e. The molecule has 2 rings (SSSR count). The van der Waals surface area contributed by atoms with E-state index in [9.17, 15) is 0 Å². The Balaban J connectivity index is 1.89. The third kappa shape index (κ3) is 5.41. The van der Waals surface area contributed by atoms with Crippen molar-refractivity contribution in [2.75, 3.05) is 25.1 Å². The van der Waals surface area contributed by atoms with Crippen LogP contribution in [0.25, 0.3) is 0 Å². The summed E-state index contributed by atoms with van der Waals surface area (Å²) < 4.78 is 10.9. The van der Waals surface area contributed by atoms with Crippen molar-refractivity contribution in [3.05, 3.63) is 58.1 Å². The van der Waals surface area contributed by atoms with Crippen LogP contribution in [-0.2, 0) is 11.3 Å². The Morgan fingerprint density at radius 1 is 1.05 bits per heavy atom. The van der Waals surface area contributed by atoms with Gasteiger partial charge in [-0.05, 0) is 42.8 Å². The Bertz CT molecular complexity index is 605. The Morgan fingerprint density at radius 2 is 1.91 bits per heavy atom. The third-order valence-electron chi connectivity index (χ3n) is 3.01. The molecule has 0 bridgehead atoms. The van der Waals surface area contributed by atoms with Gasteiger partial charge in [-0.3, -0.25) is 0 Å². The molecular formula is C17H19Cl2NO2. The maximum atomic E-state index is 6.14. The van der Waals surface area contributed by atoms with E-state index in [0.29, 0.717) is 36.4 Å². The summed E-state index contributed by atoms with van der Waals surface area (Å²) in [6, 6.07) is 13.3. The maximum absolute atomic E-state index is 6.14. The number of benzene rings is 2. The number of rotatable bonds is 8. The Morgan fingerprint density at radius 3 is 2.68 bits per heavy atom. The van der Waals surface area contributed by atoms with Gasteiger partial charge in [0.25, 0.3) is 0 Å². The Kier molecular flexibility index (Phi) is 6.84. The molecule has 0 aromatic heterocycles. The summed E-state index contributed by atoms with van der Waals surface area (Å²) in [6.07, 6.45) is 0. The Hall–Kier alpha value is -1.42. The number of hydrogen-bond donors (Lipinski definition) is 1. The number of ether oxygens (including phenoxy) is 2. The van der Waals surface area contributed by atoms with E-state index in [2.05, 4.69) is 5.32 Å². The lowest BCUT2D eigenvalue weighted by Crippen LogP contribution is -2.06. The number of anilines is 1. The highest BCUT2D eigenvalue weighted by atomic mass is 35.5. The highest BCUT2D eigenvalue weighted by molar-refractivity contribution is 6.36. The molecule has 2 aromatic carbocycles. The molecule has 0 heterocycles. The van der Waals surface area contributed by atoms with Crippen LogP contribution in [0.1, 0.15) is 12.5 Å². The van der Waals surface area contributed by atoms with Gasteiger partial charge in [0.15, 0.2) is 0 Å².